The predicted molar refractivity (Wildman–Crippen MR) is 54.4 cm³/mol. The predicted octanol–water partition coefficient (Wildman–Crippen LogP) is 0.531. The first-order chi connectivity index (χ1) is 7.06. The molecule has 4 nitrogen and oxygen atoms in total. The first-order valence-electron chi connectivity index (χ1n) is 4.67. The summed E-state index contributed by atoms with van der Waals surface area (Å²) in [6.07, 6.45) is 1.53. The number of primary amides is 1. The molecule has 0 bridgehead atoms. The largest absolute Gasteiger partial charge is 0.368 e. The van der Waals surface area contributed by atoms with Crippen molar-refractivity contribution in [1.29, 1.82) is 0 Å². The SMILES string of the molecule is CCC(NC)(C(N)=O)c1ccc(F)cn1. The molecule has 0 aliphatic rings. The number of amides is 1. The minimum absolute atomic E-state index is 0.432. The molecule has 1 rings (SSSR count). The molecule has 0 spiro atoms. The number of nitrogens with one attached hydrogen (secondary N) is 1. The first kappa shape index (κ1) is 11.6. The Balaban J connectivity index is 3.20. The van der Waals surface area contributed by atoms with Gasteiger partial charge in [-0.1, -0.05) is 6.92 Å². The van der Waals surface area contributed by atoms with E-state index in [0.717, 1.165) is 6.20 Å². The molecule has 3 N–H and O–H groups in total. The Kier molecular flexibility index (Phi) is 3.36. The van der Waals surface area contributed by atoms with Crippen LogP contribution in [-0.2, 0) is 10.3 Å². The summed E-state index contributed by atoms with van der Waals surface area (Å²) >= 11 is 0. The Morgan fingerprint density at radius 1 is 1.67 bits per heavy atom. The maximum Gasteiger partial charge on any atom is 0.243 e. The van der Waals surface area contributed by atoms with Gasteiger partial charge in [-0.05, 0) is 25.6 Å². The van der Waals surface area contributed by atoms with E-state index in [-0.39, 0.29) is 0 Å². The van der Waals surface area contributed by atoms with Crippen LogP contribution in [0.2, 0.25) is 0 Å². The first-order valence-corrected chi connectivity index (χ1v) is 4.67. The number of pyridine rings is 1. The maximum atomic E-state index is 12.7. The number of likely N-dealkylation sites (N-methyl/N-ethyl adjacent to an activating group) is 1. The minimum atomic E-state index is -1.02. The third kappa shape index (κ3) is 1.97. The van der Waals surface area contributed by atoms with E-state index in [2.05, 4.69) is 10.3 Å². The molecule has 0 aliphatic heterocycles. The van der Waals surface area contributed by atoms with Crippen LogP contribution in [0.1, 0.15) is 19.0 Å². The van der Waals surface area contributed by atoms with Gasteiger partial charge in [-0.3, -0.25) is 9.78 Å². The number of carbonyl (C=O) groups excluding carboxylic acids is 1. The second kappa shape index (κ2) is 4.35. The zero-order valence-corrected chi connectivity index (χ0v) is 8.75. The number of hydrogen-bond donors (Lipinski definition) is 2. The summed E-state index contributed by atoms with van der Waals surface area (Å²) in [5.41, 5.74) is 4.74. The van der Waals surface area contributed by atoms with Crippen LogP contribution in [0, 0.1) is 5.82 Å². The van der Waals surface area contributed by atoms with Gasteiger partial charge in [-0.15, -0.1) is 0 Å². The van der Waals surface area contributed by atoms with Crippen LogP contribution in [0.15, 0.2) is 18.3 Å². The number of hydrogen-bond acceptors (Lipinski definition) is 3. The fourth-order valence-corrected chi connectivity index (χ4v) is 1.54. The third-order valence-corrected chi connectivity index (χ3v) is 2.54. The average molecular weight is 211 g/mol. The summed E-state index contributed by atoms with van der Waals surface area (Å²) < 4.78 is 12.7. The smallest absolute Gasteiger partial charge is 0.243 e. The molecule has 15 heavy (non-hydrogen) atoms. The van der Waals surface area contributed by atoms with E-state index in [4.69, 9.17) is 5.73 Å². The van der Waals surface area contributed by atoms with Crippen molar-refractivity contribution < 1.29 is 9.18 Å². The van der Waals surface area contributed by atoms with E-state index in [1.165, 1.54) is 12.1 Å². The molecule has 1 amide bonds. The molecule has 0 aromatic carbocycles. The van der Waals surface area contributed by atoms with Gasteiger partial charge in [0, 0.05) is 0 Å². The average Bonchev–Trinajstić information content (AvgIpc) is 2.22. The molecule has 1 aromatic rings. The highest BCUT2D eigenvalue weighted by molar-refractivity contribution is 5.85. The van der Waals surface area contributed by atoms with Gasteiger partial charge in [0.25, 0.3) is 0 Å². The number of nitrogens with zero attached hydrogens (tertiary/aromatic N) is 1. The normalized spacial score (nSPS) is 14.6. The van der Waals surface area contributed by atoms with Crippen LogP contribution in [0.4, 0.5) is 4.39 Å². The Hall–Kier alpha value is -1.49. The topological polar surface area (TPSA) is 68.0 Å². The summed E-state index contributed by atoms with van der Waals surface area (Å²) in [6.45, 7) is 1.81. The van der Waals surface area contributed by atoms with Crippen molar-refractivity contribution in [3.05, 3.63) is 29.8 Å². The van der Waals surface area contributed by atoms with Crippen molar-refractivity contribution in [3.63, 3.8) is 0 Å². The molecule has 82 valence electrons. The number of halogens is 1. The highest BCUT2D eigenvalue weighted by atomic mass is 19.1. The minimum Gasteiger partial charge on any atom is -0.368 e. The molecular weight excluding hydrogens is 197 g/mol. The second-order valence-corrected chi connectivity index (χ2v) is 3.23. The lowest BCUT2D eigenvalue weighted by molar-refractivity contribution is -0.124. The fraction of sp³-hybridized carbons (Fsp3) is 0.400. The van der Waals surface area contributed by atoms with Crippen LogP contribution in [0.25, 0.3) is 0 Å². The van der Waals surface area contributed by atoms with E-state index < -0.39 is 17.3 Å². The van der Waals surface area contributed by atoms with E-state index in [1.54, 1.807) is 7.05 Å². The molecule has 0 saturated carbocycles. The van der Waals surface area contributed by atoms with Gasteiger partial charge >= 0.3 is 0 Å². The van der Waals surface area contributed by atoms with Crippen LogP contribution < -0.4 is 11.1 Å². The van der Waals surface area contributed by atoms with Crippen molar-refractivity contribution in [2.24, 2.45) is 5.73 Å². The Morgan fingerprint density at radius 3 is 2.67 bits per heavy atom. The van der Waals surface area contributed by atoms with Crippen molar-refractivity contribution in [3.8, 4) is 0 Å². The molecule has 1 atom stereocenters. The van der Waals surface area contributed by atoms with E-state index in [1.807, 2.05) is 6.92 Å². The lowest BCUT2D eigenvalue weighted by Gasteiger charge is -2.28. The van der Waals surface area contributed by atoms with Crippen LogP contribution in [0.3, 0.4) is 0 Å². The molecule has 0 fully saturated rings. The van der Waals surface area contributed by atoms with Crippen molar-refractivity contribution in [1.82, 2.24) is 10.3 Å². The number of nitrogens with two attached hydrogens (primary N) is 1. The molecular formula is C10H14FN3O. The second-order valence-electron chi connectivity index (χ2n) is 3.23. The third-order valence-electron chi connectivity index (χ3n) is 2.54. The summed E-state index contributed by atoms with van der Waals surface area (Å²) in [5.74, 6) is -0.962. The van der Waals surface area contributed by atoms with Crippen LogP contribution in [-0.4, -0.2) is 17.9 Å². The number of aromatic nitrogens is 1. The Labute approximate surface area is 87.7 Å². The summed E-state index contributed by atoms with van der Waals surface area (Å²) in [4.78, 5) is 15.3. The molecule has 0 saturated heterocycles. The van der Waals surface area contributed by atoms with E-state index in [9.17, 15) is 9.18 Å². The number of carbonyl (C=O) groups is 1. The fourth-order valence-electron chi connectivity index (χ4n) is 1.54. The maximum absolute atomic E-state index is 12.7. The van der Waals surface area contributed by atoms with Crippen molar-refractivity contribution >= 4 is 5.91 Å². The van der Waals surface area contributed by atoms with Gasteiger partial charge < -0.3 is 11.1 Å². The van der Waals surface area contributed by atoms with Gasteiger partial charge in [0.05, 0.1) is 11.9 Å². The Morgan fingerprint density at radius 2 is 2.33 bits per heavy atom. The monoisotopic (exact) mass is 211 g/mol. The zero-order valence-electron chi connectivity index (χ0n) is 8.75. The molecule has 0 aliphatic carbocycles. The highest BCUT2D eigenvalue weighted by Crippen LogP contribution is 2.22. The summed E-state index contributed by atoms with van der Waals surface area (Å²) in [5, 5.41) is 2.84. The zero-order chi connectivity index (χ0) is 11.5. The standard InChI is InChI=1S/C10H14FN3O/c1-3-10(13-2,9(12)15)8-5-4-7(11)6-14-8/h4-6,13H,3H2,1-2H3,(H2,12,15). The molecule has 1 aromatic heterocycles. The number of rotatable bonds is 4. The van der Waals surface area contributed by atoms with Crippen LogP contribution >= 0.6 is 0 Å². The van der Waals surface area contributed by atoms with Gasteiger partial charge in [0.15, 0.2) is 0 Å². The van der Waals surface area contributed by atoms with Gasteiger partial charge in [0.1, 0.15) is 11.4 Å². The van der Waals surface area contributed by atoms with Crippen LogP contribution in [0.5, 0.6) is 0 Å². The molecule has 1 unspecified atom stereocenters. The summed E-state index contributed by atoms with van der Waals surface area (Å²) in [6, 6.07) is 2.72. The summed E-state index contributed by atoms with van der Waals surface area (Å²) in [7, 11) is 1.62. The van der Waals surface area contributed by atoms with Gasteiger partial charge in [0.2, 0.25) is 5.91 Å². The molecule has 5 heteroatoms. The van der Waals surface area contributed by atoms with E-state index >= 15 is 0 Å². The van der Waals surface area contributed by atoms with Crippen molar-refractivity contribution in [2.45, 2.75) is 18.9 Å². The van der Waals surface area contributed by atoms with E-state index in [0.29, 0.717) is 12.1 Å². The lowest BCUT2D eigenvalue weighted by atomic mass is 9.91. The lowest BCUT2D eigenvalue weighted by Crippen LogP contribution is -2.51. The van der Waals surface area contributed by atoms with Gasteiger partial charge in [-0.2, -0.15) is 0 Å². The highest BCUT2D eigenvalue weighted by Gasteiger charge is 2.36. The molecule has 1 heterocycles. The quantitative estimate of drug-likeness (QED) is 0.763. The molecule has 0 radical (unpaired) electrons. The van der Waals surface area contributed by atoms with Crippen molar-refractivity contribution in [2.75, 3.05) is 7.05 Å². The Bertz CT molecular complexity index is 346. The van der Waals surface area contributed by atoms with Gasteiger partial charge in [-0.25, -0.2) is 4.39 Å².